The lowest BCUT2D eigenvalue weighted by Gasteiger charge is -2.23. The summed E-state index contributed by atoms with van der Waals surface area (Å²) < 4.78 is 11.4. The summed E-state index contributed by atoms with van der Waals surface area (Å²) in [5.74, 6) is -0.966. The molecule has 1 N–H and O–H groups in total. The Morgan fingerprint density at radius 1 is 1.06 bits per heavy atom. The molecule has 1 aromatic heterocycles. The molecule has 3 unspecified atom stereocenters. The first-order chi connectivity index (χ1) is 15.0. The van der Waals surface area contributed by atoms with E-state index < -0.39 is 11.9 Å². The number of rotatable bonds is 4. The molecule has 3 atom stereocenters. The van der Waals surface area contributed by atoms with Crippen molar-refractivity contribution in [2.24, 2.45) is 11.8 Å². The summed E-state index contributed by atoms with van der Waals surface area (Å²) in [7, 11) is 1.53. The number of hydrogen-bond donors (Lipinski definition) is 1. The zero-order valence-corrected chi connectivity index (χ0v) is 17.5. The van der Waals surface area contributed by atoms with Crippen LogP contribution in [0.3, 0.4) is 0 Å². The van der Waals surface area contributed by atoms with Gasteiger partial charge in [-0.15, -0.1) is 0 Å². The molecule has 31 heavy (non-hydrogen) atoms. The highest BCUT2D eigenvalue weighted by Gasteiger charge is 2.50. The Morgan fingerprint density at radius 2 is 1.74 bits per heavy atom. The van der Waals surface area contributed by atoms with E-state index in [1.165, 1.54) is 7.11 Å². The molecular weight excluding hydrogens is 396 g/mol. The van der Waals surface area contributed by atoms with Crippen molar-refractivity contribution in [3.63, 3.8) is 0 Å². The highest BCUT2D eigenvalue weighted by atomic mass is 16.5. The number of hydrogen-bond acceptors (Lipinski definition) is 5. The lowest BCUT2D eigenvalue weighted by Crippen LogP contribution is -2.46. The zero-order valence-electron chi connectivity index (χ0n) is 17.5. The van der Waals surface area contributed by atoms with E-state index in [1.54, 1.807) is 13.0 Å². The third-order valence-corrected chi connectivity index (χ3v) is 6.60. The first-order valence-corrected chi connectivity index (χ1v) is 10.7. The van der Waals surface area contributed by atoms with Gasteiger partial charge in [0.05, 0.1) is 24.6 Å². The fraction of sp³-hybridized carbons (Fsp3) is 0.375. The minimum atomic E-state index is -0.901. The van der Waals surface area contributed by atoms with Gasteiger partial charge in [-0.2, -0.15) is 0 Å². The minimum absolute atomic E-state index is 0.225. The number of para-hydroxylation sites is 1. The molecule has 2 fully saturated rings. The van der Waals surface area contributed by atoms with Crippen molar-refractivity contribution in [3.8, 4) is 5.75 Å². The smallest absolute Gasteiger partial charge is 0.247 e. The number of methoxy groups -OCH3 is 1. The number of carbonyl (C=O) groups is 3. The monoisotopic (exact) mass is 420 g/mol. The Balaban J connectivity index is 1.43. The fourth-order valence-electron chi connectivity index (χ4n) is 4.94. The molecule has 2 heterocycles. The van der Waals surface area contributed by atoms with Gasteiger partial charge >= 0.3 is 0 Å². The maximum atomic E-state index is 13.0. The molecule has 0 spiro atoms. The maximum Gasteiger partial charge on any atom is 0.247 e. The van der Waals surface area contributed by atoms with Gasteiger partial charge in [0, 0.05) is 16.8 Å². The summed E-state index contributed by atoms with van der Waals surface area (Å²) >= 11 is 0. The lowest BCUT2D eigenvalue weighted by atomic mass is 9.81. The average molecular weight is 420 g/mol. The molecule has 5 rings (SSSR count). The Hall–Kier alpha value is -3.35. The Bertz CT molecular complexity index is 1190. The van der Waals surface area contributed by atoms with Crippen LogP contribution in [0.2, 0.25) is 0 Å². The number of ether oxygens (including phenoxy) is 1. The van der Waals surface area contributed by atoms with Crippen LogP contribution in [0.4, 0.5) is 5.69 Å². The van der Waals surface area contributed by atoms with Crippen LogP contribution in [0.5, 0.6) is 5.75 Å². The largest absolute Gasteiger partial charge is 0.495 e. The molecule has 3 amide bonds. The summed E-state index contributed by atoms with van der Waals surface area (Å²) in [6.45, 7) is 1.59. The van der Waals surface area contributed by atoms with E-state index in [1.807, 2.05) is 30.3 Å². The van der Waals surface area contributed by atoms with Crippen LogP contribution in [0, 0.1) is 11.8 Å². The van der Waals surface area contributed by atoms with Crippen molar-refractivity contribution in [3.05, 3.63) is 36.4 Å². The fourth-order valence-corrected chi connectivity index (χ4v) is 4.94. The summed E-state index contributed by atoms with van der Waals surface area (Å²) in [5, 5.41) is 4.67. The number of nitrogens with zero attached hydrogens (tertiary/aromatic N) is 1. The highest BCUT2D eigenvalue weighted by Crippen LogP contribution is 2.40. The predicted molar refractivity (Wildman–Crippen MR) is 116 cm³/mol. The second kappa shape index (κ2) is 7.41. The molecular formula is C24H24N2O5. The second-order valence-corrected chi connectivity index (χ2v) is 8.36. The van der Waals surface area contributed by atoms with Gasteiger partial charge in [-0.1, -0.05) is 31.0 Å². The van der Waals surface area contributed by atoms with Crippen LogP contribution >= 0.6 is 0 Å². The SMILES string of the molecule is COc1cc2c(cc1NC(=O)C(C)N1C(=O)C3CCCCC3C1=O)oc1ccccc12. The maximum absolute atomic E-state index is 13.0. The molecule has 3 aromatic rings. The van der Waals surface area contributed by atoms with E-state index >= 15 is 0 Å². The number of furan rings is 1. The third kappa shape index (κ3) is 3.07. The van der Waals surface area contributed by atoms with Gasteiger partial charge in [0.1, 0.15) is 23.0 Å². The predicted octanol–water partition coefficient (Wildman–Crippen LogP) is 4.10. The quantitative estimate of drug-likeness (QED) is 0.642. The van der Waals surface area contributed by atoms with Crippen LogP contribution in [0.15, 0.2) is 40.8 Å². The first kappa shape index (κ1) is 19.6. The Kier molecular flexibility index (Phi) is 4.68. The average Bonchev–Trinajstić information content (AvgIpc) is 3.27. The van der Waals surface area contributed by atoms with Gasteiger partial charge in [0.15, 0.2) is 0 Å². The molecule has 1 saturated carbocycles. The van der Waals surface area contributed by atoms with Crippen LogP contribution in [0.25, 0.3) is 21.9 Å². The van der Waals surface area contributed by atoms with E-state index in [4.69, 9.17) is 9.15 Å². The number of carbonyl (C=O) groups excluding carboxylic acids is 3. The van der Waals surface area contributed by atoms with Crippen molar-refractivity contribution < 1.29 is 23.5 Å². The third-order valence-electron chi connectivity index (χ3n) is 6.60. The Morgan fingerprint density at radius 3 is 2.42 bits per heavy atom. The number of benzene rings is 2. The molecule has 2 aromatic carbocycles. The van der Waals surface area contributed by atoms with Crippen LogP contribution < -0.4 is 10.1 Å². The number of amides is 3. The number of nitrogens with one attached hydrogen (secondary N) is 1. The van der Waals surface area contributed by atoms with E-state index in [-0.39, 0.29) is 23.7 Å². The van der Waals surface area contributed by atoms with E-state index in [9.17, 15) is 14.4 Å². The summed E-state index contributed by atoms with van der Waals surface area (Å²) in [6.07, 6.45) is 3.33. The van der Waals surface area contributed by atoms with Gasteiger partial charge < -0.3 is 14.5 Å². The number of anilines is 1. The molecule has 1 aliphatic heterocycles. The van der Waals surface area contributed by atoms with E-state index in [2.05, 4.69) is 5.32 Å². The van der Waals surface area contributed by atoms with Crippen LogP contribution in [-0.4, -0.2) is 35.8 Å². The van der Waals surface area contributed by atoms with Gasteiger partial charge in [-0.3, -0.25) is 19.3 Å². The minimum Gasteiger partial charge on any atom is -0.495 e. The number of likely N-dealkylation sites (tertiary alicyclic amines) is 1. The van der Waals surface area contributed by atoms with E-state index in [0.29, 0.717) is 17.0 Å². The van der Waals surface area contributed by atoms with Gasteiger partial charge in [-0.05, 0) is 31.9 Å². The lowest BCUT2D eigenvalue weighted by molar-refractivity contribution is -0.146. The molecule has 7 nitrogen and oxygen atoms in total. The first-order valence-electron chi connectivity index (χ1n) is 10.7. The van der Waals surface area contributed by atoms with Crippen LogP contribution in [0.1, 0.15) is 32.6 Å². The number of fused-ring (bicyclic) bond motifs is 4. The topological polar surface area (TPSA) is 88.9 Å². The van der Waals surface area contributed by atoms with Crippen LogP contribution in [-0.2, 0) is 14.4 Å². The Labute approximate surface area is 179 Å². The molecule has 1 aliphatic carbocycles. The summed E-state index contributed by atoms with van der Waals surface area (Å²) in [4.78, 5) is 39.8. The van der Waals surface area contributed by atoms with Crippen molar-refractivity contribution in [1.82, 2.24) is 4.90 Å². The molecule has 0 radical (unpaired) electrons. The zero-order chi connectivity index (χ0) is 21.7. The normalized spacial score (nSPS) is 22.1. The molecule has 7 heteroatoms. The van der Waals surface area contributed by atoms with Gasteiger partial charge in [0.25, 0.3) is 0 Å². The standard InChI is InChI=1S/C24H24N2O5/c1-13(26-23(28)15-8-3-4-9-16(15)24(26)29)22(27)25-18-12-20-17(11-21(18)30-2)14-7-5-6-10-19(14)31-20/h5-7,10-13,15-16H,3-4,8-9H2,1-2H3,(H,25,27). The van der Waals surface area contributed by atoms with E-state index in [0.717, 1.165) is 46.9 Å². The second-order valence-electron chi connectivity index (χ2n) is 8.36. The molecule has 160 valence electrons. The van der Waals surface area contributed by atoms with Crippen molar-refractivity contribution >= 4 is 45.3 Å². The van der Waals surface area contributed by atoms with Gasteiger partial charge in [-0.25, -0.2) is 0 Å². The highest BCUT2D eigenvalue weighted by molar-refractivity contribution is 6.11. The van der Waals surface area contributed by atoms with Crippen molar-refractivity contribution in [2.45, 2.75) is 38.6 Å². The summed E-state index contributed by atoms with van der Waals surface area (Å²) in [6, 6.07) is 10.3. The molecule has 1 saturated heterocycles. The van der Waals surface area contributed by atoms with Crippen molar-refractivity contribution in [2.75, 3.05) is 12.4 Å². The molecule has 0 bridgehead atoms. The van der Waals surface area contributed by atoms with Gasteiger partial charge in [0.2, 0.25) is 17.7 Å². The number of imide groups is 1. The molecule has 2 aliphatic rings. The summed E-state index contributed by atoms with van der Waals surface area (Å²) in [5.41, 5.74) is 1.79. The van der Waals surface area contributed by atoms with Crippen molar-refractivity contribution in [1.29, 1.82) is 0 Å².